The van der Waals surface area contributed by atoms with Crippen LogP contribution in [-0.2, 0) is 26.1 Å². The van der Waals surface area contributed by atoms with Crippen molar-refractivity contribution in [2.24, 2.45) is 0 Å². The Hall–Kier alpha value is -3.07. The third-order valence-electron chi connectivity index (χ3n) is 5.32. The fourth-order valence-electron chi connectivity index (χ4n) is 3.47. The van der Waals surface area contributed by atoms with Gasteiger partial charge in [-0.25, -0.2) is 13.2 Å². The van der Waals surface area contributed by atoms with E-state index >= 15 is 0 Å². The molecule has 1 amide bonds. The lowest BCUT2D eigenvalue weighted by atomic mass is 10.1. The smallest absolute Gasteiger partial charge is 0.410 e. The number of rotatable bonds is 8. The molecule has 0 bridgehead atoms. The molecular formula is C27H29ClNO6S. The molecule has 0 saturated carbocycles. The summed E-state index contributed by atoms with van der Waals surface area (Å²) in [5, 5.41) is 22.5. The minimum atomic E-state index is -3.75. The van der Waals surface area contributed by atoms with Gasteiger partial charge in [0.2, 0.25) is 9.84 Å². The zero-order chi connectivity index (χ0) is 26.5. The van der Waals surface area contributed by atoms with Gasteiger partial charge >= 0.3 is 6.09 Å². The predicted octanol–water partition coefficient (Wildman–Crippen LogP) is 5.83. The molecule has 0 aliphatic heterocycles. The van der Waals surface area contributed by atoms with Gasteiger partial charge in [0.15, 0.2) is 5.75 Å². The van der Waals surface area contributed by atoms with Crippen LogP contribution in [0.4, 0.5) is 4.79 Å². The molecule has 1 atom stereocenters. The first-order valence-electron chi connectivity index (χ1n) is 11.4. The van der Waals surface area contributed by atoms with Crippen molar-refractivity contribution in [3.05, 3.63) is 88.9 Å². The number of hydrogen-bond acceptors (Lipinski definition) is 5. The summed E-state index contributed by atoms with van der Waals surface area (Å²) in [6, 6.07) is 18.1. The second kappa shape index (κ2) is 11.3. The maximum Gasteiger partial charge on any atom is 0.410 e. The van der Waals surface area contributed by atoms with Crippen molar-refractivity contribution in [2.45, 2.75) is 48.7 Å². The molecule has 0 fully saturated rings. The first-order chi connectivity index (χ1) is 16.8. The Balaban J connectivity index is 1.73. The van der Waals surface area contributed by atoms with Gasteiger partial charge in [-0.15, -0.1) is 0 Å². The highest BCUT2D eigenvalue weighted by molar-refractivity contribution is 7.91. The number of carbonyl (C=O) groups excluding carboxylic acids is 1. The topological polar surface area (TPSA) is 104 Å². The molecule has 1 N–H and O–H groups in total. The summed E-state index contributed by atoms with van der Waals surface area (Å²) in [5.41, 5.74) is 0.668. The molecule has 0 aliphatic rings. The van der Waals surface area contributed by atoms with Crippen molar-refractivity contribution in [3.63, 3.8) is 0 Å². The first-order valence-corrected chi connectivity index (χ1v) is 13.2. The maximum absolute atomic E-state index is 12.8. The minimum absolute atomic E-state index is 0.00255. The Morgan fingerprint density at radius 1 is 1.00 bits per heavy atom. The summed E-state index contributed by atoms with van der Waals surface area (Å²) < 4.78 is 31.2. The van der Waals surface area contributed by atoms with E-state index in [1.54, 1.807) is 57.2 Å². The van der Waals surface area contributed by atoms with Gasteiger partial charge in [0.1, 0.15) is 5.60 Å². The van der Waals surface area contributed by atoms with E-state index in [0.29, 0.717) is 17.0 Å². The lowest BCUT2D eigenvalue weighted by Gasteiger charge is -2.29. The zero-order valence-electron chi connectivity index (χ0n) is 20.3. The van der Waals surface area contributed by atoms with E-state index in [1.807, 2.05) is 0 Å². The number of halogens is 1. The third kappa shape index (κ3) is 7.46. The van der Waals surface area contributed by atoms with Crippen molar-refractivity contribution < 1.29 is 28.2 Å². The van der Waals surface area contributed by atoms with Gasteiger partial charge in [-0.3, -0.25) is 5.11 Å². The number of hydrogen-bond donors (Lipinski definition) is 1. The van der Waals surface area contributed by atoms with Gasteiger partial charge < -0.3 is 14.7 Å². The number of ether oxygens (including phenoxy) is 1. The second-order valence-electron chi connectivity index (χ2n) is 9.37. The van der Waals surface area contributed by atoms with Crippen LogP contribution >= 0.6 is 11.6 Å². The van der Waals surface area contributed by atoms with Crippen LogP contribution in [0.3, 0.4) is 0 Å². The average Bonchev–Trinajstić information content (AvgIpc) is 2.81. The standard InChI is InChI=1S/C27H29ClNO6S/c1-27(2,3)35-26(32)29(18-25(31)20-5-4-6-21(28)17-20)16-15-19-7-11-23(12-8-19)36(33,34)24-13-9-22(30)10-14-24/h4-14,17,25,31H,15-16,18H2,1-3H3/t25-/m0/s1. The Labute approximate surface area is 216 Å². The van der Waals surface area contributed by atoms with E-state index in [1.165, 1.54) is 41.3 Å². The zero-order valence-corrected chi connectivity index (χ0v) is 21.9. The average molecular weight is 531 g/mol. The molecule has 3 rings (SSSR count). The van der Waals surface area contributed by atoms with Crippen LogP contribution in [0.2, 0.25) is 5.02 Å². The SMILES string of the molecule is CC(C)(C)OC(=O)N(CCc1ccc(S(=O)(=O)c2ccc([O])cc2)cc1)C[C@H](O)c1cccc(Cl)c1. The van der Waals surface area contributed by atoms with Crippen molar-refractivity contribution in [1.82, 2.24) is 4.90 Å². The molecule has 0 spiro atoms. The number of amides is 1. The molecule has 1 radical (unpaired) electrons. The molecule has 9 heteroatoms. The van der Waals surface area contributed by atoms with Gasteiger partial charge in [-0.2, -0.15) is 0 Å². The lowest BCUT2D eigenvalue weighted by Crippen LogP contribution is -2.40. The first kappa shape index (κ1) is 27.5. The van der Waals surface area contributed by atoms with E-state index in [0.717, 1.165) is 5.56 Å². The van der Waals surface area contributed by atoms with E-state index in [2.05, 4.69) is 0 Å². The van der Waals surface area contributed by atoms with Crippen LogP contribution in [-0.4, -0.2) is 43.2 Å². The molecule has 0 heterocycles. The van der Waals surface area contributed by atoms with Gasteiger partial charge in [-0.1, -0.05) is 35.9 Å². The summed E-state index contributed by atoms with van der Waals surface area (Å²) in [7, 11) is -3.75. The number of aliphatic hydroxyl groups is 1. The molecule has 0 aromatic heterocycles. The monoisotopic (exact) mass is 530 g/mol. The van der Waals surface area contributed by atoms with Crippen molar-refractivity contribution >= 4 is 27.5 Å². The van der Waals surface area contributed by atoms with Crippen LogP contribution in [0.25, 0.3) is 0 Å². The van der Waals surface area contributed by atoms with Crippen molar-refractivity contribution in [3.8, 4) is 5.75 Å². The fraction of sp³-hybridized carbons (Fsp3) is 0.296. The number of benzene rings is 3. The van der Waals surface area contributed by atoms with Gasteiger partial charge in [0.25, 0.3) is 0 Å². The maximum atomic E-state index is 12.8. The highest BCUT2D eigenvalue weighted by Gasteiger charge is 2.25. The van der Waals surface area contributed by atoms with Crippen molar-refractivity contribution in [1.29, 1.82) is 0 Å². The summed E-state index contributed by atoms with van der Waals surface area (Å²) in [6.45, 7) is 5.53. The second-order valence-corrected chi connectivity index (χ2v) is 11.8. The Kier molecular flexibility index (Phi) is 8.66. The van der Waals surface area contributed by atoms with E-state index in [9.17, 15) is 23.4 Å². The van der Waals surface area contributed by atoms with Crippen LogP contribution in [0, 0.1) is 0 Å². The van der Waals surface area contributed by atoms with Crippen LogP contribution in [0.1, 0.15) is 38.0 Å². The summed E-state index contributed by atoms with van der Waals surface area (Å²) in [4.78, 5) is 14.4. The highest BCUT2D eigenvalue weighted by Crippen LogP contribution is 2.24. The van der Waals surface area contributed by atoms with E-state index in [4.69, 9.17) is 16.3 Å². The lowest BCUT2D eigenvalue weighted by molar-refractivity contribution is 0.0147. The molecule has 0 aliphatic carbocycles. The molecule has 36 heavy (non-hydrogen) atoms. The molecular weight excluding hydrogens is 502 g/mol. The number of aliphatic hydroxyl groups excluding tert-OH is 1. The summed E-state index contributed by atoms with van der Waals surface area (Å²) >= 11 is 6.03. The quantitative estimate of drug-likeness (QED) is 0.394. The van der Waals surface area contributed by atoms with Crippen LogP contribution in [0.15, 0.2) is 82.6 Å². The Morgan fingerprint density at radius 2 is 1.58 bits per heavy atom. The molecule has 3 aromatic rings. The Morgan fingerprint density at radius 3 is 2.14 bits per heavy atom. The number of nitrogens with zero attached hydrogens (tertiary/aromatic N) is 1. The van der Waals surface area contributed by atoms with Crippen LogP contribution < -0.4 is 0 Å². The van der Waals surface area contributed by atoms with E-state index < -0.39 is 27.6 Å². The third-order valence-corrected chi connectivity index (χ3v) is 7.34. The molecule has 3 aromatic carbocycles. The van der Waals surface area contributed by atoms with Gasteiger partial charge in [0.05, 0.1) is 22.4 Å². The number of sulfone groups is 1. The number of carbonyl (C=O) groups is 1. The fourth-order valence-corrected chi connectivity index (χ4v) is 4.93. The molecule has 0 unspecified atom stereocenters. The van der Waals surface area contributed by atoms with Crippen molar-refractivity contribution in [2.75, 3.05) is 13.1 Å². The predicted molar refractivity (Wildman–Crippen MR) is 136 cm³/mol. The van der Waals surface area contributed by atoms with E-state index in [-0.39, 0.29) is 28.6 Å². The molecule has 191 valence electrons. The largest absolute Gasteiger partial charge is 0.444 e. The normalized spacial score (nSPS) is 12.7. The summed E-state index contributed by atoms with van der Waals surface area (Å²) in [6.07, 6.45) is -1.12. The van der Waals surface area contributed by atoms with Gasteiger partial charge in [0, 0.05) is 11.6 Å². The summed E-state index contributed by atoms with van der Waals surface area (Å²) in [5.74, 6) is -0.265. The van der Waals surface area contributed by atoms with Gasteiger partial charge in [-0.05, 0) is 86.8 Å². The Bertz CT molecular complexity index is 1290. The minimum Gasteiger partial charge on any atom is -0.444 e. The van der Waals surface area contributed by atoms with Crippen LogP contribution in [0.5, 0.6) is 5.75 Å². The molecule has 0 saturated heterocycles. The molecule has 7 nitrogen and oxygen atoms in total. The highest BCUT2D eigenvalue weighted by atomic mass is 35.5.